The van der Waals surface area contributed by atoms with Crippen molar-refractivity contribution in [2.45, 2.75) is 31.7 Å². The van der Waals surface area contributed by atoms with Crippen molar-refractivity contribution in [2.75, 3.05) is 13.7 Å². The minimum atomic E-state index is -3.61. The highest BCUT2D eigenvalue weighted by atomic mass is 32.2. The van der Waals surface area contributed by atoms with Crippen LogP contribution in [0.5, 0.6) is 5.75 Å². The van der Waals surface area contributed by atoms with Gasteiger partial charge in [-0.25, -0.2) is 13.1 Å². The molecule has 0 spiro atoms. The second kappa shape index (κ2) is 5.69. The lowest BCUT2D eigenvalue weighted by atomic mass is 10.1. The monoisotopic (exact) mass is 272 g/mol. The lowest BCUT2D eigenvalue weighted by molar-refractivity contribution is 0.398. The van der Waals surface area contributed by atoms with E-state index in [1.807, 2.05) is 19.9 Å². The maximum Gasteiger partial charge on any atom is 0.244 e. The number of aryl methyl sites for hydroxylation is 2. The molecule has 0 heterocycles. The van der Waals surface area contributed by atoms with Gasteiger partial charge in [-0.05, 0) is 38.0 Å². The van der Waals surface area contributed by atoms with Gasteiger partial charge in [0, 0.05) is 12.6 Å². The first-order valence-electron chi connectivity index (χ1n) is 5.69. The van der Waals surface area contributed by atoms with Gasteiger partial charge in [-0.2, -0.15) is 0 Å². The van der Waals surface area contributed by atoms with Crippen molar-refractivity contribution in [3.8, 4) is 5.75 Å². The number of rotatable bonds is 5. The third-order valence-electron chi connectivity index (χ3n) is 2.59. The molecule has 18 heavy (non-hydrogen) atoms. The number of nitrogens with two attached hydrogens (primary N) is 1. The predicted molar refractivity (Wildman–Crippen MR) is 71.3 cm³/mol. The van der Waals surface area contributed by atoms with Gasteiger partial charge in [-0.1, -0.05) is 6.07 Å². The molecule has 0 aliphatic carbocycles. The lowest BCUT2D eigenvalue weighted by Gasteiger charge is -2.16. The van der Waals surface area contributed by atoms with Crippen LogP contribution in [0.1, 0.15) is 18.1 Å². The number of benzene rings is 1. The number of hydrogen-bond acceptors (Lipinski definition) is 4. The largest absolute Gasteiger partial charge is 0.495 e. The summed E-state index contributed by atoms with van der Waals surface area (Å²) in [6.07, 6.45) is 0. The van der Waals surface area contributed by atoms with Crippen LogP contribution in [0.2, 0.25) is 0 Å². The number of methoxy groups -OCH3 is 1. The average molecular weight is 272 g/mol. The Kier molecular flexibility index (Phi) is 4.72. The highest BCUT2D eigenvalue weighted by Crippen LogP contribution is 2.29. The molecule has 0 aliphatic rings. The quantitative estimate of drug-likeness (QED) is 0.835. The molecule has 0 saturated heterocycles. The minimum Gasteiger partial charge on any atom is -0.495 e. The summed E-state index contributed by atoms with van der Waals surface area (Å²) in [5.74, 6) is 0.373. The summed E-state index contributed by atoms with van der Waals surface area (Å²) in [6.45, 7) is 5.62. The summed E-state index contributed by atoms with van der Waals surface area (Å²) in [5.41, 5.74) is 7.09. The Hall–Kier alpha value is -1.11. The normalized spacial score (nSPS) is 13.4. The molecule has 0 aliphatic heterocycles. The van der Waals surface area contributed by atoms with Crippen LogP contribution in [0.15, 0.2) is 17.0 Å². The first kappa shape index (κ1) is 14.9. The van der Waals surface area contributed by atoms with Crippen LogP contribution in [0.25, 0.3) is 0 Å². The lowest BCUT2D eigenvalue weighted by Crippen LogP contribution is -2.37. The van der Waals surface area contributed by atoms with Crippen LogP contribution in [-0.4, -0.2) is 28.1 Å². The van der Waals surface area contributed by atoms with Crippen LogP contribution in [0.4, 0.5) is 0 Å². The second-order valence-corrected chi connectivity index (χ2v) is 6.05. The van der Waals surface area contributed by atoms with Gasteiger partial charge in [0.25, 0.3) is 0 Å². The molecule has 6 heteroatoms. The Morgan fingerprint density at radius 2 is 2.00 bits per heavy atom. The van der Waals surface area contributed by atoms with E-state index in [1.165, 1.54) is 7.11 Å². The molecular weight excluding hydrogens is 252 g/mol. The van der Waals surface area contributed by atoms with Gasteiger partial charge < -0.3 is 10.5 Å². The Morgan fingerprint density at radius 3 is 2.50 bits per heavy atom. The SMILES string of the molecule is COc1c(C)cc(C)cc1S(=O)(=O)N[C@H](C)CN. The third kappa shape index (κ3) is 3.22. The molecule has 5 nitrogen and oxygen atoms in total. The highest BCUT2D eigenvalue weighted by molar-refractivity contribution is 7.89. The van der Waals surface area contributed by atoms with Gasteiger partial charge in [0.05, 0.1) is 7.11 Å². The van der Waals surface area contributed by atoms with Gasteiger partial charge in [0.2, 0.25) is 10.0 Å². The Morgan fingerprint density at radius 1 is 1.39 bits per heavy atom. The van der Waals surface area contributed by atoms with Crippen LogP contribution in [0.3, 0.4) is 0 Å². The van der Waals surface area contributed by atoms with Gasteiger partial charge in [0.15, 0.2) is 0 Å². The summed E-state index contributed by atoms with van der Waals surface area (Å²) < 4.78 is 32.2. The van der Waals surface area contributed by atoms with Gasteiger partial charge >= 0.3 is 0 Å². The molecule has 1 aromatic rings. The molecule has 1 atom stereocenters. The molecule has 0 saturated carbocycles. The second-order valence-electron chi connectivity index (χ2n) is 4.37. The van der Waals surface area contributed by atoms with Gasteiger partial charge in [0.1, 0.15) is 10.6 Å². The standard InChI is InChI=1S/C12H20N2O3S/c1-8-5-9(2)12(17-4)11(6-8)18(15,16)14-10(3)7-13/h5-6,10,14H,7,13H2,1-4H3/t10-/m1/s1. The fraction of sp³-hybridized carbons (Fsp3) is 0.500. The Labute approximate surface area is 108 Å². The number of ether oxygens (including phenoxy) is 1. The van der Waals surface area contributed by atoms with Crippen LogP contribution in [-0.2, 0) is 10.0 Å². The molecule has 0 amide bonds. The van der Waals surface area contributed by atoms with Crippen molar-refractivity contribution in [1.82, 2.24) is 4.72 Å². The van der Waals surface area contributed by atoms with E-state index in [0.717, 1.165) is 11.1 Å². The van der Waals surface area contributed by atoms with E-state index in [4.69, 9.17) is 10.5 Å². The predicted octanol–water partition coefficient (Wildman–Crippen LogP) is 0.938. The molecule has 0 radical (unpaired) electrons. The van der Waals surface area contributed by atoms with E-state index in [9.17, 15) is 8.42 Å². The number of hydrogen-bond donors (Lipinski definition) is 2. The van der Waals surface area contributed by atoms with Crippen molar-refractivity contribution in [3.05, 3.63) is 23.3 Å². The maximum absolute atomic E-state index is 12.2. The maximum atomic E-state index is 12.2. The smallest absolute Gasteiger partial charge is 0.244 e. The van der Waals surface area contributed by atoms with Crippen molar-refractivity contribution in [3.63, 3.8) is 0 Å². The van der Waals surface area contributed by atoms with Crippen LogP contribution >= 0.6 is 0 Å². The van der Waals surface area contributed by atoms with Crippen molar-refractivity contribution >= 4 is 10.0 Å². The van der Waals surface area contributed by atoms with Crippen molar-refractivity contribution in [2.24, 2.45) is 5.73 Å². The molecule has 0 fully saturated rings. The zero-order chi connectivity index (χ0) is 13.9. The van der Waals surface area contributed by atoms with E-state index in [1.54, 1.807) is 13.0 Å². The van der Waals surface area contributed by atoms with Crippen molar-refractivity contribution in [1.29, 1.82) is 0 Å². The fourth-order valence-corrected chi connectivity index (χ4v) is 3.34. The topological polar surface area (TPSA) is 81.4 Å². The van der Waals surface area contributed by atoms with Crippen molar-refractivity contribution < 1.29 is 13.2 Å². The fourth-order valence-electron chi connectivity index (χ4n) is 1.75. The highest BCUT2D eigenvalue weighted by Gasteiger charge is 2.22. The van der Waals surface area contributed by atoms with E-state index >= 15 is 0 Å². The molecule has 102 valence electrons. The number of sulfonamides is 1. The molecule has 3 N–H and O–H groups in total. The Balaban J connectivity index is 3.31. The zero-order valence-corrected chi connectivity index (χ0v) is 12.0. The summed E-state index contributed by atoms with van der Waals surface area (Å²) in [7, 11) is -2.15. The van der Waals surface area contributed by atoms with E-state index in [-0.39, 0.29) is 17.5 Å². The summed E-state index contributed by atoms with van der Waals surface area (Å²) in [4.78, 5) is 0.155. The van der Waals surface area contributed by atoms with E-state index in [0.29, 0.717) is 5.75 Å². The molecule has 0 aromatic heterocycles. The molecule has 1 rings (SSSR count). The summed E-state index contributed by atoms with van der Waals surface area (Å²) in [6, 6.07) is 3.15. The van der Waals surface area contributed by atoms with Gasteiger partial charge in [-0.15, -0.1) is 0 Å². The number of nitrogens with one attached hydrogen (secondary N) is 1. The van der Waals surface area contributed by atoms with Gasteiger partial charge in [-0.3, -0.25) is 0 Å². The summed E-state index contributed by atoms with van der Waals surface area (Å²) >= 11 is 0. The zero-order valence-electron chi connectivity index (χ0n) is 11.1. The minimum absolute atomic E-state index is 0.155. The van der Waals surface area contributed by atoms with E-state index < -0.39 is 10.0 Å². The van der Waals surface area contributed by atoms with Crippen LogP contribution < -0.4 is 15.2 Å². The average Bonchev–Trinajstić information content (AvgIpc) is 2.27. The first-order chi connectivity index (χ1) is 8.31. The molecule has 0 unspecified atom stereocenters. The Bertz CT molecular complexity index is 526. The summed E-state index contributed by atoms with van der Waals surface area (Å²) in [5, 5.41) is 0. The van der Waals surface area contributed by atoms with E-state index in [2.05, 4.69) is 4.72 Å². The first-order valence-corrected chi connectivity index (χ1v) is 7.17. The third-order valence-corrected chi connectivity index (χ3v) is 4.18. The molecule has 0 bridgehead atoms. The molecular formula is C12H20N2O3S. The van der Waals surface area contributed by atoms with Crippen LogP contribution in [0, 0.1) is 13.8 Å². The molecule has 1 aromatic carbocycles.